The number of piperazine rings is 1. The summed E-state index contributed by atoms with van der Waals surface area (Å²) in [5, 5.41) is 3.59. The van der Waals surface area contributed by atoms with Gasteiger partial charge in [-0.25, -0.2) is 0 Å². The Labute approximate surface area is 123 Å². The molecule has 2 nitrogen and oxygen atoms in total. The van der Waals surface area contributed by atoms with Crippen molar-refractivity contribution in [3.8, 4) is 0 Å². The fraction of sp³-hybridized carbons (Fsp3) is 0.667. The molecule has 2 heteroatoms. The van der Waals surface area contributed by atoms with Gasteiger partial charge in [0.1, 0.15) is 0 Å². The summed E-state index contributed by atoms with van der Waals surface area (Å²) >= 11 is 0. The van der Waals surface area contributed by atoms with E-state index in [-0.39, 0.29) is 0 Å². The number of nitrogens with zero attached hydrogens (tertiary/aromatic N) is 1. The van der Waals surface area contributed by atoms with E-state index in [0.29, 0.717) is 6.04 Å². The van der Waals surface area contributed by atoms with Crippen LogP contribution in [0.2, 0.25) is 0 Å². The van der Waals surface area contributed by atoms with Crippen LogP contribution in [0.25, 0.3) is 0 Å². The molecule has 3 unspecified atom stereocenters. The molecule has 2 fully saturated rings. The Hall–Kier alpha value is -0.860. The molecular weight excluding hydrogens is 244 g/mol. The minimum Gasteiger partial charge on any atom is -0.314 e. The van der Waals surface area contributed by atoms with Gasteiger partial charge in [0.15, 0.2) is 0 Å². The maximum atomic E-state index is 3.59. The number of rotatable bonds is 2. The molecule has 110 valence electrons. The van der Waals surface area contributed by atoms with E-state index in [4.69, 9.17) is 0 Å². The van der Waals surface area contributed by atoms with Gasteiger partial charge in [-0.2, -0.15) is 0 Å². The zero-order chi connectivity index (χ0) is 13.8. The average Bonchev–Trinajstić information content (AvgIpc) is 2.73. The Bertz CT molecular complexity index is 403. The Morgan fingerprint density at radius 1 is 1.05 bits per heavy atom. The van der Waals surface area contributed by atoms with Gasteiger partial charge in [0.25, 0.3) is 0 Å². The molecule has 1 heterocycles. The van der Waals surface area contributed by atoms with E-state index < -0.39 is 0 Å². The van der Waals surface area contributed by atoms with Gasteiger partial charge in [-0.3, -0.25) is 4.90 Å². The normalized spacial score (nSPS) is 32.8. The molecule has 1 aliphatic carbocycles. The van der Waals surface area contributed by atoms with Crippen LogP contribution in [0.3, 0.4) is 0 Å². The lowest BCUT2D eigenvalue weighted by Crippen LogP contribution is -2.50. The number of benzene rings is 1. The van der Waals surface area contributed by atoms with Crippen molar-refractivity contribution >= 4 is 0 Å². The van der Waals surface area contributed by atoms with Crippen molar-refractivity contribution in [1.82, 2.24) is 10.2 Å². The van der Waals surface area contributed by atoms with Crippen molar-refractivity contribution in [3.63, 3.8) is 0 Å². The molecule has 0 amide bonds. The second-order valence-corrected chi connectivity index (χ2v) is 6.64. The van der Waals surface area contributed by atoms with Crippen LogP contribution < -0.4 is 5.32 Å². The van der Waals surface area contributed by atoms with Gasteiger partial charge in [-0.05, 0) is 30.7 Å². The number of nitrogens with one attached hydrogen (secondary N) is 1. The van der Waals surface area contributed by atoms with Crippen LogP contribution in [-0.2, 0) is 0 Å². The lowest BCUT2D eigenvalue weighted by molar-refractivity contribution is 0.0950. The van der Waals surface area contributed by atoms with Crippen LogP contribution in [0, 0.1) is 5.92 Å². The van der Waals surface area contributed by atoms with Crippen LogP contribution in [0.4, 0.5) is 0 Å². The highest BCUT2D eigenvalue weighted by molar-refractivity contribution is 5.20. The fourth-order valence-corrected chi connectivity index (χ4v) is 3.94. The zero-order valence-electron chi connectivity index (χ0n) is 12.7. The molecule has 3 atom stereocenters. The summed E-state index contributed by atoms with van der Waals surface area (Å²) in [4.78, 5) is 2.80. The van der Waals surface area contributed by atoms with Crippen LogP contribution >= 0.6 is 0 Å². The molecule has 1 aliphatic heterocycles. The predicted molar refractivity (Wildman–Crippen MR) is 84.8 cm³/mol. The van der Waals surface area contributed by atoms with Crippen molar-refractivity contribution in [3.05, 3.63) is 35.9 Å². The molecule has 2 aliphatic rings. The first-order valence-corrected chi connectivity index (χ1v) is 8.36. The van der Waals surface area contributed by atoms with E-state index in [1.165, 1.54) is 44.2 Å². The Kier molecular flexibility index (Phi) is 4.74. The standard InChI is InChI=1S/C18H28N2/c1-15-6-5-9-17(11-10-15)20-13-12-19-14-18(20)16-7-3-2-4-8-16/h2-4,7-8,15,17-19H,5-6,9-14H2,1H3. The van der Waals surface area contributed by atoms with Gasteiger partial charge < -0.3 is 5.32 Å². The third-order valence-electron chi connectivity index (χ3n) is 5.17. The maximum Gasteiger partial charge on any atom is 0.0476 e. The average molecular weight is 272 g/mol. The lowest BCUT2D eigenvalue weighted by atomic mass is 9.97. The zero-order valence-corrected chi connectivity index (χ0v) is 12.7. The van der Waals surface area contributed by atoms with E-state index in [0.717, 1.165) is 25.0 Å². The lowest BCUT2D eigenvalue weighted by Gasteiger charge is -2.41. The van der Waals surface area contributed by atoms with Gasteiger partial charge in [-0.1, -0.05) is 50.1 Å². The largest absolute Gasteiger partial charge is 0.314 e. The van der Waals surface area contributed by atoms with Crippen LogP contribution in [0.5, 0.6) is 0 Å². The van der Waals surface area contributed by atoms with Gasteiger partial charge in [-0.15, -0.1) is 0 Å². The smallest absolute Gasteiger partial charge is 0.0476 e. The van der Waals surface area contributed by atoms with Gasteiger partial charge in [0.2, 0.25) is 0 Å². The van der Waals surface area contributed by atoms with Crippen LogP contribution in [-0.4, -0.2) is 30.6 Å². The molecule has 0 bridgehead atoms. The summed E-state index contributed by atoms with van der Waals surface area (Å²) in [7, 11) is 0. The SMILES string of the molecule is CC1CCCC(N2CCNCC2c2ccccc2)CC1. The van der Waals surface area contributed by atoms with Crippen molar-refractivity contribution in [1.29, 1.82) is 0 Å². The highest BCUT2D eigenvalue weighted by atomic mass is 15.2. The van der Waals surface area contributed by atoms with Gasteiger partial charge in [0.05, 0.1) is 0 Å². The monoisotopic (exact) mass is 272 g/mol. The molecule has 1 saturated heterocycles. The second kappa shape index (κ2) is 6.73. The summed E-state index contributed by atoms with van der Waals surface area (Å²) in [6.45, 7) is 5.89. The first-order chi connectivity index (χ1) is 9.84. The molecule has 1 N–H and O–H groups in total. The van der Waals surface area contributed by atoms with Crippen molar-refractivity contribution in [2.24, 2.45) is 5.92 Å². The van der Waals surface area contributed by atoms with Crippen molar-refractivity contribution < 1.29 is 0 Å². The molecule has 3 rings (SSSR count). The molecule has 0 radical (unpaired) electrons. The molecular formula is C18H28N2. The second-order valence-electron chi connectivity index (χ2n) is 6.64. The Morgan fingerprint density at radius 3 is 2.75 bits per heavy atom. The molecule has 20 heavy (non-hydrogen) atoms. The first kappa shape index (κ1) is 14.1. The minimum absolute atomic E-state index is 0.573. The predicted octanol–water partition coefficient (Wildman–Crippen LogP) is 3.60. The first-order valence-electron chi connectivity index (χ1n) is 8.36. The summed E-state index contributed by atoms with van der Waals surface area (Å²) < 4.78 is 0. The maximum absolute atomic E-state index is 3.59. The third kappa shape index (κ3) is 3.24. The summed E-state index contributed by atoms with van der Waals surface area (Å²) in [5.41, 5.74) is 1.48. The molecule has 1 aromatic rings. The van der Waals surface area contributed by atoms with E-state index in [1.807, 2.05) is 0 Å². The van der Waals surface area contributed by atoms with Gasteiger partial charge >= 0.3 is 0 Å². The number of hydrogen-bond acceptors (Lipinski definition) is 2. The molecule has 1 saturated carbocycles. The quantitative estimate of drug-likeness (QED) is 0.828. The highest BCUT2D eigenvalue weighted by Gasteiger charge is 2.30. The van der Waals surface area contributed by atoms with Crippen LogP contribution in [0.1, 0.15) is 50.6 Å². The van der Waals surface area contributed by atoms with Crippen LogP contribution in [0.15, 0.2) is 30.3 Å². The van der Waals surface area contributed by atoms with E-state index >= 15 is 0 Å². The molecule has 0 aromatic heterocycles. The summed E-state index contributed by atoms with van der Waals surface area (Å²) in [6.07, 6.45) is 7.05. The Balaban J connectivity index is 1.75. The fourth-order valence-electron chi connectivity index (χ4n) is 3.94. The Morgan fingerprint density at radius 2 is 1.90 bits per heavy atom. The van der Waals surface area contributed by atoms with E-state index in [2.05, 4.69) is 47.5 Å². The topological polar surface area (TPSA) is 15.3 Å². The third-order valence-corrected chi connectivity index (χ3v) is 5.17. The highest BCUT2D eigenvalue weighted by Crippen LogP contribution is 2.32. The summed E-state index contributed by atoms with van der Waals surface area (Å²) in [6, 6.07) is 12.4. The molecule has 1 aromatic carbocycles. The van der Waals surface area contributed by atoms with Gasteiger partial charge in [0, 0.05) is 31.7 Å². The van der Waals surface area contributed by atoms with Crippen molar-refractivity contribution in [2.45, 2.75) is 51.1 Å². The van der Waals surface area contributed by atoms with E-state index in [1.54, 1.807) is 0 Å². The van der Waals surface area contributed by atoms with Crippen molar-refractivity contribution in [2.75, 3.05) is 19.6 Å². The van der Waals surface area contributed by atoms with E-state index in [9.17, 15) is 0 Å². The molecule has 0 spiro atoms. The minimum atomic E-state index is 0.573. The summed E-state index contributed by atoms with van der Waals surface area (Å²) in [5.74, 6) is 0.929. The number of hydrogen-bond donors (Lipinski definition) is 1.